The van der Waals surface area contributed by atoms with Gasteiger partial charge in [-0.2, -0.15) is 0 Å². The van der Waals surface area contributed by atoms with Crippen LogP contribution in [0.5, 0.6) is 0 Å². The first-order chi connectivity index (χ1) is 11.5. The first-order valence-electron chi connectivity index (χ1n) is 7.93. The van der Waals surface area contributed by atoms with Crippen molar-refractivity contribution >= 4 is 17.0 Å². The molecule has 1 amide bonds. The summed E-state index contributed by atoms with van der Waals surface area (Å²) in [6, 6.07) is 13.6. The lowest BCUT2D eigenvalue weighted by Gasteiger charge is -2.15. The zero-order valence-electron chi connectivity index (χ0n) is 13.6. The molecule has 3 rings (SSSR count). The highest BCUT2D eigenvalue weighted by Gasteiger charge is 2.24. The molecule has 124 valence electrons. The van der Waals surface area contributed by atoms with Gasteiger partial charge >= 0.3 is 0 Å². The van der Waals surface area contributed by atoms with E-state index in [-0.39, 0.29) is 30.1 Å². The second-order valence-corrected chi connectivity index (χ2v) is 6.05. The Bertz CT molecular complexity index is 807. The minimum atomic E-state index is -0.364. The van der Waals surface area contributed by atoms with Gasteiger partial charge in [-0.15, -0.1) is 0 Å². The number of hydrogen-bond acceptors (Lipinski definition) is 3. The Balaban J connectivity index is 1.97. The monoisotopic (exact) mass is 326 g/mol. The van der Waals surface area contributed by atoms with Crippen LogP contribution in [0.2, 0.25) is 0 Å². The molecule has 1 N–H and O–H groups in total. The van der Waals surface area contributed by atoms with Gasteiger partial charge in [0.2, 0.25) is 11.8 Å². The van der Waals surface area contributed by atoms with Crippen molar-refractivity contribution in [3.05, 3.63) is 65.8 Å². The third-order valence-electron chi connectivity index (χ3n) is 3.72. The number of nitrogens with one attached hydrogen (secondary N) is 1. The molecule has 1 aromatic heterocycles. The van der Waals surface area contributed by atoms with Gasteiger partial charge in [0.1, 0.15) is 11.3 Å². The van der Waals surface area contributed by atoms with E-state index in [1.54, 1.807) is 12.1 Å². The predicted molar refractivity (Wildman–Crippen MR) is 90.1 cm³/mol. The molecule has 5 heteroatoms. The highest BCUT2D eigenvalue weighted by atomic mass is 19.1. The number of aromatic nitrogens is 1. The van der Waals surface area contributed by atoms with Crippen molar-refractivity contribution in [2.75, 3.05) is 0 Å². The lowest BCUT2D eigenvalue weighted by atomic mass is 9.95. The standard InChI is InChI=1S/C19H19FN2O2/c1-12(2)21-18(23)11-15(13-7-9-14(20)10-8-13)19-22-16-5-3-4-6-17(16)24-19/h3-10,12,15H,11H2,1-2H3,(H,21,23). The Morgan fingerprint density at radius 2 is 1.88 bits per heavy atom. The van der Waals surface area contributed by atoms with Crippen molar-refractivity contribution in [2.24, 2.45) is 0 Å². The van der Waals surface area contributed by atoms with Crippen molar-refractivity contribution in [1.82, 2.24) is 10.3 Å². The van der Waals surface area contributed by atoms with E-state index in [2.05, 4.69) is 10.3 Å². The fourth-order valence-electron chi connectivity index (χ4n) is 2.65. The molecule has 24 heavy (non-hydrogen) atoms. The fourth-order valence-corrected chi connectivity index (χ4v) is 2.65. The quantitative estimate of drug-likeness (QED) is 0.770. The molecule has 0 aliphatic rings. The predicted octanol–water partition coefficient (Wildman–Crippen LogP) is 4.01. The topological polar surface area (TPSA) is 55.1 Å². The fraction of sp³-hybridized carbons (Fsp3) is 0.263. The van der Waals surface area contributed by atoms with Gasteiger partial charge in [-0.1, -0.05) is 24.3 Å². The van der Waals surface area contributed by atoms with Crippen LogP contribution in [0, 0.1) is 5.82 Å². The minimum absolute atomic E-state index is 0.0509. The summed E-state index contributed by atoms with van der Waals surface area (Å²) in [7, 11) is 0. The van der Waals surface area contributed by atoms with Crippen LogP contribution >= 0.6 is 0 Å². The van der Waals surface area contributed by atoms with Crippen LogP contribution in [0.3, 0.4) is 0 Å². The number of nitrogens with zero attached hydrogens (tertiary/aromatic N) is 1. The number of halogens is 1. The highest BCUT2D eigenvalue weighted by Crippen LogP contribution is 2.30. The van der Waals surface area contributed by atoms with Crippen LogP contribution in [-0.4, -0.2) is 16.9 Å². The number of para-hydroxylation sites is 2. The molecule has 0 saturated heterocycles. The van der Waals surface area contributed by atoms with Crippen molar-refractivity contribution in [3.8, 4) is 0 Å². The van der Waals surface area contributed by atoms with E-state index in [0.29, 0.717) is 11.5 Å². The van der Waals surface area contributed by atoms with E-state index in [1.165, 1.54) is 12.1 Å². The number of oxazole rings is 1. The lowest BCUT2D eigenvalue weighted by molar-refractivity contribution is -0.121. The maximum Gasteiger partial charge on any atom is 0.221 e. The molecule has 0 saturated carbocycles. The van der Waals surface area contributed by atoms with Crippen molar-refractivity contribution < 1.29 is 13.6 Å². The number of carbonyl (C=O) groups is 1. The summed E-state index contributed by atoms with van der Waals surface area (Å²) < 4.78 is 19.1. The molecule has 3 aromatic rings. The van der Waals surface area contributed by atoms with Gasteiger partial charge < -0.3 is 9.73 Å². The van der Waals surface area contributed by atoms with E-state index in [1.807, 2.05) is 38.1 Å². The number of hydrogen-bond donors (Lipinski definition) is 1. The average Bonchev–Trinajstić information content (AvgIpc) is 2.96. The van der Waals surface area contributed by atoms with Gasteiger partial charge in [-0.05, 0) is 43.7 Å². The molecule has 0 fully saturated rings. The van der Waals surface area contributed by atoms with E-state index < -0.39 is 0 Å². The zero-order chi connectivity index (χ0) is 17.1. The Labute approximate surface area is 139 Å². The van der Waals surface area contributed by atoms with Crippen LogP contribution < -0.4 is 5.32 Å². The van der Waals surface area contributed by atoms with Gasteiger partial charge in [0.05, 0.1) is 5.92 Å². The van der Waals surface area contributed by atoms with E-state index in [0.717, 1.165) is 11.1 Å². The molecule has 2 aromatic carbocycles. The van der Waals surface area contributed by atoms with Gasteiger partial charge in [0.25, 0.3) is 0 Å². The van der Waals surface area contributed by atoms with Gasteiger partial charge in [-0.3, -0.25) is 4.79 Å². The molecule has 0 radical (unpaired) electrons. The van der Waals surface area contributed by atoms with Crippen molar-refractivity contribution in [3.63, 3.8) is 0 Å². The molecule has 0 aliphatic carbocycles. The van der Waals surface area contributed by atoms with E-state index in [4.69, 9.17) is 4.42 Å². The largest absolute Gasteiger partial charge is 0.440 e. The summed E-state index contributed by atoms with van der Waals surface area (Å²) in [6.07, 6.45) is 0.191. The summed E-state index contributed by atoms with van der Waals surface area (Å²) in [6.45, 7) is 3.81. The highest BCUT2D eigenvalue weighted by molar-refractivity contribution is 5.78. The number of carbonyl (C=O) groups excluding carboxylic acids is 1. The summed E-state index contributed by atoms with van der Waals surface area (Å²) in [4.78, 5) is 16.7. The third kappa shape index (κ3) is 3.62. The van der Waals surface area contributed by atoms with Crippen molar-refractivity contribution in [2.45, 2.75) is 32.2 Å². The van der Waals surface area contributed by atoms with Gasteiger partial charge in [0, 0.05) is 12.5 Å². The average molecular weight is 326 g/mol. The molecular weight excluding hydrogens is 307 g/mol. The Kier molecular flexibility index (Phi) is 4.60. The van der Waals surface area contributed by atoms with Crippen LogP contribution in [-0.2, 0) is 4.79 Å². The SMILES string of the molecule is CC(C)NC(=O)CC(c1ccc(F)cc1)c1nc2ccccc2o1. The molecular formula is C19H19FN2O2. The summed E-state index contributed by atoms with van der Waals surface area (Å²) >= 11 is 0. The molecule has 0 spiro atoms. The van der Waals surface area contributed by atoms with E-state index >= 15 is 0 Å². The Hall–Kier alpha value is -2.69. The van der Waals surface area contributed by atoms with Gasteiger partial charge in [0.15, 0.2) is 5.58 Å². The second-order valence-electron chi connectivity index (χ2n) is 6.05. The number of amides is 1. The molecule has 1 heterocycles. The van der Waals surface area contributed by atoms with Crippen LogP contribution in [0.1, 0.15) is 37.6 Å². The minimum Gasteiger partial charge on any atom is -0.440 e. The second kappa shape index (κ2) is 6.83. The third-order valence-corrected chi connectivity index (χ3v) is 3.72. The number of fused-ring (bicyclic) bond motifs is 1. The Morgan fingerprint density at radius 1 is 1.17 bits per heavy atom. The summed E-state index contributed by atoms with van der Waals surface area (Å²) in [5, 5.41) is 2.88. The van der Waals surface area contributed by atoms with Crippen LogP contribution in [0.25, 0.3) is 11.1 Å². The normalized spacial score (nSPS) is 12.5. The first-order valence-corrected chi connectivity index (χ1v) is 7.93. The molecule has 1 unspecified atom stereocenters. The first kappa shape index (κ1) is 16.2. The van der Waals surface area contributed by atoms with Crippen LogP contribution in [0.4, 0.5) is 4.39 Å². The summed E-state index contributed by atoms with van der Waals surface area (Å²) in [5.74, 6) is -0.318. The smallest absolute Gasteiger partial charge is 0.221 e. The molecule has 0 aliphatic heterocycles. The summed E-state index contributed by atoms with van der Waals surface area (Å²) in [5.41, 5.74) is 2.20. The zero-order valence-corrected chi connectivity index (χ0v) is 13.6. The van der Waals surface area contributed by atoms with Crippen LogP contribution in [0.15, 0.2) is 52.9 Å². The lowest BCUT2D eigenvalue weighted by Crippen LogP contribution is -2.31. The molecule has 4 nitrogen and oxygen atoms in total. The maximum absolute atomic E-state index is 13.2. The van der Waals surface area contributed by atoms with E-state index in [9.17, 15) is 9.18 Å². The number of rotatable bonds is 5. The molecule has 1 atom stereocenters. The molecule has 0 bridgehead atoms. The van der Waals surface area contributed by atoms with Gasteiger partial charge in [-0.25, -0.2) is 9.37 Å². The van der Waals surface area contributed by atoms with Crippen molar-refractivity contribution in [1.29, 1.82) is 0 Å². The Morgan fingerprint density at radius 3 is 2.54 bits per heavy atom. The maximum atomic E-state index is 13.2. The number of benzene rings is 2.